The molecule has 3 heterocycles. The summed E-state index contributed by atoms with van der Waals surface area (Å²) in [5.41, 5.74) is 3.82. The number of rotatable bonds is 10. The van der Waals surface area contributed by atoms with Crippen LogP contribution in [0.4, 0.5) is 4.39 Å². The standard InChI is InChI=1S/C39H49FN6O3/c1-4-43(2)36(49)23-46-33-14-10-13-30(31-19-34-27(18-32(31)40)22-41-44(34)3)37(33)38(42-46)28-20-39(21-28)24-45(25-39)35(48)16-15-29(47)17-26-11-8-6-5-7-9-12-26/h10,13-14,18-19,22,26,28H,4-9,11-12,15-17,20-21,23-25H2,1-3H3. The van der Waals surface area contributed by atoms with Crippen LogP contribution < -0.4 is 0 Å². The normalized spacial score (nSPS) is 18.3. The molecular weight excluding hydrogens is 619 g/mol. The molecule has 0 atom stereocenters. The fourth-order valence-corrected chi connectivity index (χ4v) is 8.64. The maximum atomic E-state index is 15.7. The van der Waals surface area contributed by atoms with Gasteiger partial charge < -0.3 is 9.80 Å². The van der Waals surface area contributed by atoms with Crippen molar-refractivity contribution in [3.05, 3.63) is 48.0 Å². The molecule has 0 bridgehead atoms. The average molecular weight is 669 g/mol. The summed E-state index contributed by atoms with van der Waals surface area (Å²) in [5.74, 6) is 0.579. The first kappa shape index (κ1) is 33.4. The Morgan fingerprint density at radius 1 is 0.980 bits per heavy atom. The summed E-state index contributed by atoms with van der Waals surface area (Å²) in [7, 11) is 3.63. The van der Waals surface area contributed by atoms with Crippen molar-refractivity contribution in [2.24, 2.45) is 18.4 Å². The third-order valence-electron chi connectivity index (χ3n) is 11.6. The van der Waals surface area contributed by atoms with Crippen LogP contribution in [-0.2, 0) is 28.0 Å². The number of nitrogens with zero attached hydrogens (tertiary/aromatic N) is 6. The van der Waals surface area contributed by atoms with Crippen LogP contribution in [0.25, 0.3) is 32.9 Å². The number of benzene rings is 2. The van der Waals surface area contributed by atoms with Crippen LogP contribution in [0, 0.1) is 17.2 Å². The summed E-state index contributed by atoms with van der Waals surface area (Å²) >= 11 is 0. The Kier molecular flexibility index (Phi) is 9.33. The molecule has 1 aliphatic heterocycles. The molecule has 0 unspecified atom stereocenters. The Bertz CT molecular complexity index is 1870. The van der Waals surface area contributed by atoms with Crippen LogP contribution in [0.1, 0.15) is 95.6 Å². The zero-order chi connectivity index (χ0) is 34.3. The number of aromatic nitrogens is 4. The Balaban J connectivity index is 1.06. The number of hydrogen-bond donors (Lipinski definition) is 0. The number of likely N-dealkylation sites (tertiary alicyclic amines) is 1. The van der Waals surface area contributed by atoms with Gasteiger partial charge in [-0.15, -0.1) is 0 Å². The zero-order valence-electron chi connectivity index (χ0n) is 29.2. The number of hydrogen-bond acceptors (Lipinski definition) is 5. The molecule has 9 nitrogen and oxygen atoms in total. The summed E-state index contributed by atoms with van der Waals surface area (Å²) in [6.07, 6.45) is 13.3. The minimum atomic E-state index is -0.324. The van der Waals surface area contributed by atoms with Crippen LogP contribution >= 0.6 is 0 Å². The Labute approximate surface area is 287 Å². The topological polar surface area (TPSA) is 93.3 Å². The van der Waals surface area contributed by atoms with Gasteiger partial charge in [0.2, 0.25) is 11.8 Å². The molecule has 2 aliphatic carbocycles. The van der Waals surface area contributed by atoms with E-state index >= 15 is 4.39 Å². The van der Waals surface area contributed by atoms with Gasteiger partial charge >= 0.3 is 0 Å². The van der Waals surface area contributed by atoms with E-state index in [1.54, 1.807) is 27.5 Å². The van der Waals surface area contributed by atoms with E-state index in [9.17, 15) is 14.4 Å². The lowest BCUT2D eigenvalue weighted by atomic mass is 9.56. The molecule has 2 saturated carbocycles. The van der Waals surface area contributed by atoms with E-state index < -0.39 is 0 Å². The van der Waals surface area contributed by atoms with Crippen molar-refractivity contribution >= 4 is 39.4 Å². The molecule has 2 aromatic carbocycles. The zero-order valence-corrected chi connectivity index (χ0v) is 29.2. The van der Waals surface area contributed by atoms with Crippen molar-refractivity contribution in [1.82, 2.24) is 29.4 Å². The minimum absolute atomic E-state index is 0.0345. The van der Waals surface area contributed by atoms with Crippen molar-refractivity contribution in [1.29, 1.82) is 0 Å². The van der Waals surface area contributed by atoms with Crippen molar-refractivity contribution in [3.8, 4) is 11.1 Å². The van der Waals surface area contributed by atoms with E-state index in [4.69, 9.17) is 5.10 Å². The van der Waals surface area contributed by atoms with Crippen molar-refractivity contribution < 1.29 is 18.8 Å². The maximum absolute atomic E-state index is 15.7. The number of aryl methyl sites for hydroxylation is 1. The van der Waals surface area contributed by atoms with E-state index in [1.807, 2.05) is 43.1 Å². The maximum Gasteiger partial charge on any atom is 0.244 e. The van der Waals surface area contributed by atoms with Crippen LogP contribution in [0.3, 0.4) is 0 Å². The minimum Gasteiger partial charge on any atom is -0.344 e. The first-order chi connectivity index (χ1) is 23.6. The predicted molar refractivity (Wildman–Crippen MR) is 188 cm³/mol. The number of amides is 2. The molecule has 4 aromatic rings. The highest BCUT2D eigenvalue weighted by molar-refractivity contribution is 6.00. The lowest BCUT2D eigenvalue weighted by Gasteiger charge is -2.59. The van der Waals surface area contributed by atoms with E-state index in [0.717, 1.165) is 58.7 Å². The second-order valence-electron chi connectivity index (χ2n) is 15.1. The van der Waals surface area contributed by atoms with E-state index in [2.05, 4.69) is 5.10 Å². The van der Waals surface area contributed by atoms with Crippen LogP contribution in [0.5, 0.6) is 0 Å². The highest BCUT2D eigenvalue weighted by Crippen LogP contribution is 2.57. The summed E-state index contributed by atoms with van der Waals surface area (Å²) in [5, 5.41) is 11.0. The molecule has 0 N–H and O–H groups in total. The van der Waals surface area contributed by atoms with Gasteiger partial charge in [-0.25, -0.2) is 4.39 Å². The Hall–Kier alpha value is -4.08. The molecule has 7 rings (SSSR count). The second-order valence-corrected chi connectivity index (χ2v) is 15.1. The molecule has 1 saturated heterocycles. The molecule has 49 heavy (non-hydrogen) atoms. The lowest BCUT2D eigenvalue weighted by molar-refractivity contribution is -0.152. The Morgan fingerprint density at radius 3 is 2.45 bits per heavy atom. The summed E-state index contributed by atoms with van der Waals surface area (Å²) < 4.78 is 19.2. The number of carbonyl (C=O) groups excluding carboxylic acids is 3. The van der Waals surface area contributed by atoms with Crippen molar-refractivity contribution in [2.75, 3.05) is 26.7 Å². The van der Waals surface area contributed by atoms with Gasteiger partial charge in [0.05, 0.1) is 22.9 Å². The van der Waals surface area contributed by atoms with Gasteiger partial charge in [-0.1, -0.05) is 57.1 Å². The molecule has 2 amide bonds. The fraction of sp³-hybridized carbons (Fsp3) is 0.564. The summed E-state index contributed by atoms with van der Waals surface area (Å²) in [6.45, 7) is 4.05. The van der Waals surface area contributed by atoms with Crippen LogP contribution in [-0.4, -0.2) is 73.6 Å². The highest BCUT2D eigenvalue weighted by atomic mass is 19.1. The summed E-state index contributed by atoms with van der Waals surface area (Å²) in [6, 6.07) is 9.19. The van der Waals surface area contributed by atoms with Gasteiger partial charge in [-0.2, -0.15) is 10.2 Å². The number of fused-ring (bicyclic) bond motifs is 2. The molecule has 2 aromatic heterocycles. The molecular formula is C39H49FN6O3. The van der Waals surface area contributed by atoms with Gasteiger partial charge in [-0.3, -0.25) is 23.7 Å². The van der Waals surface area contributed by atoms with Gasteiger partial charge in [0.25, 0.3) is 0 Å². The third-order valence-corrected chi connectivity index (χ3v) is 11.6. The van der Waals surface area contributed by atoms with Gasteiger partial charge in [0, 0.05) is 80.7 Å². The summed E-state index contributed by atoms with van der Waals surface area (Å²) in [4.78, 5) is 42.5. The number of halogens is 1. The number of Topliss-reactive ketones (excluding diaryl/α,β-unsaturated/α-hetero) is 1. The third kappa shape index (κ3) is 6.63. The largest absolute Gasteiger partial charge is 0.344 e. The van der Waals surface area contributed by atoms with E-state index in [-0.39, 0.29) is 41.3 Å². The molecule has 0 radical (unpaired) electrons. The number of ketones is 1. The SMILES string of the molecule is CCN(C)C(=O)Cn1nc(C2CC3(C2)CN(C(=O)CCC(=O)CC2CCCCCCC2)C3)c2c(-c3cc4c(cnn4C)cc3F)cccc21. The van der Waals surface area contributed by atoms with E-state index in [0.29, 0.717) is 50.4 Å². The number of likely N-dealkylation sites (N-methyl/N-ethyl adjacent to an activating group) is 1. The quantitative estimate of drug-likeness (QED) is 0.181. The predicted octanol–water partition coefficient (Wildman–Crippen LogP) is 7.01. The monoisotopic (exact) mass is 668 g/mol. The first-order valence-corrected chi connectivity index (χ1v) is 18.3. The van der Waals surface area contributed by atoms with Gasteiger partial charge in [-0.05, 0) is 49.4 Å². The average Bonchev–Trinajstić information content (AvgIpc) is 3.58. The molecule has 3 aliphatic rings. The molecule has 1 spiro atoms. The number of carbonyl (C=O) groups is 3. The van der Waals surface area contributed by atoms with Crippen LogP contribution in [0.15, 0.2) is 36.5 Å². The lowest BCUT2D eigenvalue weighted by Crippen LogP contribution is -2.63. The fourth-order valence-electron chi connectivity index (χ4n) is 8.64. The highest BCUT2D eigenvalue weighted by Gasteiger charge is 2.54. The van der Waals surface area contributed by atoms with Crippen LogP contribution in [0.2, 0.25) is 0 Å². The Morgan fingerprint density at radius 2 is 1.71 bits per heavy atom. The molecule has 3 fully saturated rings. The first-order valence-electron chi connectivity index (χ1n) is 18.3. The van der Waals surface area contributed by atoms with Crippen molar-refractivity contribution in [3.63, 3.8) is 0 Å². The van der Waals surface area contributed by atoms with E-state index in [1.165, 1.54) is 38.2 Å². The van der Waals surface area contributed by atoms with Gasteiger partial charge in [0.1, 0.15) is 18.1 Å². The molecule has 260 valence electrons. The van der Waals surface area contributed by atoms with Gasteiger partial charge in [0.15, 0.2) is 0 Å². The van der Waals surface area contributed by atoms with Crippen molar-refractivity contribution in [2.45, 2.75) is 96.4 Å². The molecule has 10 heteroatoms. The smallest absolute Gasteiger partial charge is 0.244 e. The second kappa shape index (κ2) is 13.7.